The average Bonchev–Trinajstić information content (AvgIpc) is 2.79. The maximum Gasteiger partial charge on any atom is 0.193 e. The summed E-state index contributed by atoms with van der Waals surface area (Å²) >= 11 is 15.9. The second-order valence-corrected chi connectivity index (χ2v) is 5.91. The van der Waals surface area contributed by atoms with E-state index in [0.717, 1.165) is 26.9 Å². The first kappa shape index (κ1) is 14.8. The Morgan fingerprint density at radius 3 is 2.53 bits per heavy atom. The van der Waals surface area contributed by atoms with E-state index in [-0.39, 0.29) is 0 Å². The third kappa shape index (κ3) is 2.78. The molecule has 0 N–H and O–H groups in total. The molecule has 0 spiro atoms. The molecule has 2 aromatic rings. The zero-order valence-corrected chi connectivity index (χ0v) is 13.9. The van der Waals surface area contributed by atoms with Crippen LogP contribution >= 0.6 is 39.1 Å². The van der Waals surface area contributed by atoms with Gasteiger partial charge in [-0.2, -0.15) is 0 Å². The van der Waals surface area contributed by atoms with E-state index in [2.05, 4.69) is 15.9 Å². The highest BCUT2D eigenvalue weighted by Crippen LogP contribution is 2.42. The highest BCUT2D eigenvalue weighted by atomic mass is 79.9. The number of rotatable bonds is 3. The molecular weight excluding hydrogens is 351 g/mol. The summed E-state index contributed by atoms with van der Waals surface area (Å²) in [6, 6.07) is 5.46. The van der Waals surface area contributed by atoms with E-state index in [4.69, 9.17) is 32.4 Å². The van der Waals surface area contributed by atoms with Crippen molar-refractivity contribution in [3.05, 3.63) is 50.3 Å². The summed E-state index contributed by atoms with van der Waals surface area (Å²) < 4.78 is 11.9. The largest absolute Gasteiger partial charge is 0.496 e. The van der Waals surface area contributed by atoms with Crippen molar-refractivity contribution in [3.8, 4) is 5.75 Å². The summed E-state index contributed by atoms with van der Waals surface area (Å²) in [5, 5.41) is -0.123. The maximum absolute atomic E-state index is 6.52. The number of ether oxygens (including phenoxy) is 1. The van der Waals surface area contributed by atoms with Crippen LogP contribution < -0.4 is 4.74 Å². The molecule has 0 bridgehead atoms. The fourth-order valence-electron chi connectivity index (χ4n) is 2.06. The molecule has 2 rings (SSSR count). The van der Waals surface area contributed by atoms with E-state index < -0.39 is 5.38 Å². The fourth-order valence-corrected chi connectivity index (χ4v) is 3.15. The average molecular weight is 364 g/mol. The predicted octanol–water partition coefficient (Wildman–Crippen LogP) is 5.65. The zero-order valence-electron chi connectivity index (χ0n) is 10.8. The second kappa shape index (κ2) is 5.78. The summed E-state index contributed by atoms with van der Waals surface area (Å²) in [7, 11) is 1.64. The lowest BCUT2D eigenvalue weighted by Gasteiger charge is -2.18. The lowest BCUT2D eigenvalue weighted by atomic mass is 9.99. The minimum absolute atomic E-state index is 0.323. The third-order valence-corrected chi connectivity index (χ3v) is 4.47. The number of benzene rings is 1. The van der Waals surface area contributed by atoms with Crippen LogP contribution in [0.1, 0.15) is 27.8 Å². The topological polar surface area (TPSA) is 22.4 Å². The standard InChI is InChI=1S/C14H13BrCl2O2/c1-7-6-9(15)8(2)12(14(7)18-3)13(17)10-4-5-11(16)19-10/h4-6,13H,1-3H3. The van der Waals surface area contributed by atoms with Gasteiger partial charge in [0, 0.05) is 10.0 Å². The number of hydrogen-bond acceptors (Lipinski definition) is 2. The molecule has 1 aromatic carbocycles. The van der Waals surface area contributed by atoms with E-state index in [9.17, 15) is 0 Å². The predicted molar refractivity (Wildman–Crippen MR) is 81.6 cm³/mol. The molecule has 1 atom stereocenters. The van der Waals surface area contributed by atoms with Gasteiger partial charge in [0.05, 0.1) is 7.11 Å². The van der Waals surface area contributed by atoms with Crippen molar-refractivity contribution in [1.29, 1.82) is 0 Å². The van der Waals surface area contributed by atoms with Crippen LogP contribution in [0, 0.1) is 13.8 Å². The fraction of sp³-hybridized carbons (Fsp3) is 0.286. The monoisotopic (exact) mass is 362 g/mol. The smallest absolute Gasteiger partial charge is 0.193 e. The van der Waals surface area contributed by atoms with Crippen molar-refractivity contribution in [2.45, 2.75) is 19.2 Å². The van der Waals surface area contributed by atoms with Gasteiger partial charge in [0.25, 0.3) is 0 Å². The molecular formula is C14H13BrCl2O2. The van der Waals surface area contributed by atoms with Gasteiger partial charge in [0.2, 0.25) is 0 Å². The normalized spacial score (nSPS) is 12.5. The van der Waals surface area contributed by atoms with Gasteiger partial charge in [-0.25, -0.2) is 0 Å². The highest BCUT2D eigenvalue weighted by molar-refractivity contribution is 9.10. The number of alkyl halides is 1. The highest BCUT2D eigenvalue weighted by Gasteiger charge is 2.24. The van der Waals surface area contributed by atoms with Crippen molar-refractivity contribution in [3.63, 3.8) is 0 Å². The van der Waals surface area contributed by atoms with Gasteiger partial charge in [-0.3, -0.25) is 0 Å². The molecule has 5 heteroatoms. The first-order chi connectivity index (χ1) is 8.95. The quantitative estimate of drug-likeness (QED) is 0.657. The van der Waals surface area contributed by atoms with E-state index in [1.54, 1.807) is 19.2 Å². The lowest BCUT2D eigenvalue weighted by molar-refractivity contribution is 0.404. The molecule has 0 amide bonds. The molecule has 1 heterocycles. The van der Waals surface area contributed by atoms with Gasteiger partial charge in [-0.1, -0.05) is 15.9 Å². The molecule has 0 aliphatic heterocycles. The van der Waals surface area contributed by atoms with Gasteiger partial charge in [0.1, 0.15) is 16.9 Å². The molecule has 0 fully saturated rings. The van der Waals surface area contributed by atoms with E-state index >= 15 is 0 Å². The number of hydrogen-bond donors (Lipinski definition) is 0. The van der Waals surface area contributed by atoms with E-state index in [1.807, 2.05) is 19.9 Å². The molecule has 0 radical (unpaired) electrons. The summed E-state index contributed by atoms with van der Waals surface area (Å²) in [4.78, 5) is 0. The first-order valence-corrected chi connectivity index (χ1v) is 7.29. The molecule has 0 saturated heterocycles. The van der Waals surface area contributed by atoms with Gasteiger partial charge in [-0.15, -0.1) is 11.6 Å². The van der Waals surface area contributed by atoms with Gasteiger partial charge in [0.15, 0.2) is 5.22 Å². The van der Waals surface area contributed by atoms with Crippen LogP contribution in [0.4, 0.5) is 0 Å². The SMILES string of the molecule is COc1c(C)cc(Br)c(C)c1C(Cl)c1ccc(Cl)o1. The molecule has 0 saturated carbocycles. The first-order valence-electron chi connectivity index (χ1n) is 5.68. The summed E-state index contributed by atoms with van der Waals surface area (Å²) in [5.41, 5.74) is 2.93. The van der Waals surface area contributed by atoms with Crippen molar-refractivity contribution in [1.82, 2.24) is 0 Å². The zero-order chi connectivity index (χ0) is 14.2. The van der Waals surface area contributed by atoms with Crippen molar-refractivity contribution in [2.24, 2.45) is 0 Å². The molecule has 2 nitrogen and oxygen atoms in total. The van der Waals surface area contributed by atoms with Crippen LogP contribution in [-0.4, -0.2) is 7.11 Å². The summed E-state index contributed by atoms with van der Waals surface area (Å²) in [5.74, 6) is 1.37. The summed E-state index contributed by atoms with van der Waals surface area (Å²) in [6.45, 7) is 3.96. The molecule has 102 valence electrons. The Hall–Kier alpha value is -0.640. The van der Waals surface area contributed by atoms with E-state index in [0.29, 0.717) is 11.0 Å². The Bertz CT molecular complexity index is 608. The minimum atomic E-state index is -0.446. The van der Waals surface area contributed by atoms with Crippen molar-refractivity contribution >= 4 is 39.1 Å². The lowest BCUT2D eigenvalue weighted by Crippen LogP contribution is -2.02. The number of furan rings is 1. The second-order valence-electron chi connectivity index (χ2n) is 4.25. The number of aryl methyl sites for hydroxylation is 1. The van der Waals surface area contributed by atoms with Crippen LogP contribution in [0.15, 0.2) is 27.1 Å². The van der Waals surface area contributed by atoms with Gasteiger partial charge >= 0.3 is 0 Å². The van der Waals surface area contributed by atoms with Crippen molar-refractivity contribution < 1.29 is 9.15 Å². The van der Waals surface area contributed by atoms with Crippen molar-refractivity contribution in [2.75, 3.05) is 7.11 Å². The van der Waals surface area contributed by atoms with Gasteiger partial charge < -0.3 is 9.15 Å². The number of methoxy groups -OCH3 is 1. The number of halogens is 3. The Morgan fingerprint density at radius 1 is 1.32 bits per heavy atom. The molecule has 1 unspecified atom stereocenters. The molecule has 0 aliphatic rings. The summed E-state index contributed by atoms with van der Waals surface area (Å²) in [6.07, 6.45) is 0. The van der Waals surface area contributed by atoms with Crippen LogP contribution in [0.25, 0.3) is 0 Å². The van der Waals surface area contributed by atoms with Crippen LogP contribution in [0.3, 0.4) is 0 Å². The maximum atomic E-state index is 6.52. The Kier molecular flexibility index (Phi) is 4.49. The molecule has 19 heavy (non-hydrogen) atoms. The van der Waals surface area contributed by atoms with Crippen LogP contribution in [0.2, 0.25) is 5.22 Å². The van der Waals surface area contributed by atoms with E-state index in [1.165, 1.54) is 0 Å². The third-order valence-electron chi connectivity index (χ3n) is 3.01. The minimum Gasteiger partial charge on any atom is -0.496 e. The molecule has 0 aliphatic carbocycles. The molecule has 1 aromatic heterocycles. The van der Waals surface area contributed by atoms with Crippen LogP contribution in [-0.2, 0) is 0 Å². The Labute approximate surface area is 130 Å². The Balaban J connectivity index is 2.60. The van der Waals surface area contributed by atoms with Gasteiger partial charge in [-0.05, 0) is 54.8 Å². The Morgan fingerprint density at radius 2 is 2.00 bits per heavy atom. The van der Waals surface area contributed by atoms with Crippen LogP contribution in [0.5, 0.6) is 5.75 Å².